The van der Waals surface area contributed by atoms with Crippen molar-refractivity contribution in [2.45, 2.75) is 37.1 Å². The summed E-state index contributed by atoms with van der Waals surface area (Å²) < 4.78 is 36.0. The molecule has 2 N–H and O–H groups in total. The third-order valence-corrected chi connectivity index (χ3v) is 2.08. The zero-order chi connectivity index (χ0) is 8.70. The van der Waals surface area contributed by atoms with Crippen molar-refractivity contribution in [3.05, 3.63) is 0 Å². The van der Waals surface area contributed by atoms with Gasteiger partial charge in [0.05, 0.1) is 6.10 Å². The summed E-state index contributed by atoms with van der Waals surface area (Å²) in [5, 5.41) is 17.7. The molecule has 0 aromatic carbocycles. The minimum absolute atomic E-state index is 0.0238. The number of aliphatic hydroxyl groups is 2. The quantitative estimate of drug-likeness (QED) is 0.565. The molecular weight excluding hydrogens is 161 g/mol. The van der Waals surface area contributed by atoms with E-state index in [-0.39, 0.29) is 12.8 Å². The first-order chi connectivity index (χ1) is 4.88. The van der Waals surface area contributed by atoms with E-state index in [4.69, 9.17) is 10.2 Å². The standard InChI is InChI=1S/C6H9F3O2/c7-6(8,9)5(11)3-1-2-4(5)10/h4,10-11H,1-3H2. The Bertz CT molecular complexity index is 156. The van der Waals surface area contributed by atoms with Gasteiger partial charge >= 0.3 is 6.18 Å². The van der Waals surface area contributed by atoms with Crippen molar-refractivity contribution in [2.75, 3.05) is 0 Å². The van der Waals surface area contributed by atoms with Crippen LogP contribution in [0.3, 0.4) is 0 Å². The summed E-state index contributed by atoms with van der Waals surface area (Å²) >= 11 is 0. The molecule has 2 unspecified atom stereocenters. The number of hydrogen-bond acceptors (Lipinski definition) is 2. The van der Waals surface area contributed by atoms with Crippen LogP contribution in [0.15, 0.2) is 0 Å². The van der Waals surface area contributed by atoms with Crippen molar-refractivity contribution in [1.82, 2.24) is 0 Å². The van der Waals surface area contributed by atoms with Gasteiger partial charge in [-0.1, -0.05) is 0 Å². The first-order valence-electron chi connectivity index (χ1n) is 3.35. The Hall–Kier alpha value is -0.290. The largest absolute Gasteiger partial charge is 0.419 e. The van der Waals surface area contributed by atoms with Crippen LogP contribution in [-0.4, -0.2) is 28.1 Å². The van der Waals surface area contributed by atoms with Gasteiger partial charge in [0, 0.05) is 0 Å². The molecule has 0 aromatic heterocycles. The van der Waals surface area contributed by atoms with Gasteiger partial charge in [0.15, 0.2) is 5.60 Å². The van der Waals surface area contributed by atoms with Gasteiger partial charge in [0.25, 0.3) is 0 Å². The average molecular weight is 170 g/mol. The van der Waals surface area contributed by atoms with Crippen molar-refractivity contribution in [1.29, 1.82) is 0 Å². The van der Waals surface area contributed by atoms with E-state index in [1.165, 1.54) is 0 Å². The van der Waals surface area contributed by atoms with Crippen molar-refractivity contribution < 1.29 is 23.4 Å². The molecule has 1 aliphatic rings. The van der Waals surface area contributed by atoms with Crippen LogP contribution in [0.1, 0.15) is 19.3 Å². The lowest BCUT2D eigenvalue weighted by molar-refractivity contribution is -0.281. The minimum Gasteiger partial charge on any atom is -0.390 e. The highest BCUT2D eigenvalue weighted by molar-refractivity contribution is 4.97. The third kappa shape index (κ3) is 1.22. The van der Waals surface area contributed by atoms with Crippen LogP contribution in [-0.2, 0) is 0 Å². The Morgan fingerprint density at radius 2 is 1.91 bits per heavy atom. The van der Waals surface area contributed by atoms with Gasteiger partial charge in [-0.2, -0.15) is 13.2 Å². The lowest BCUT2D eigenvalue weighted by Gasteiger charge is -2.28. The number of hydrogen-bond donors (Lipinski definition) is 2. The van der Waals surface area contributed by atoms with Gasteiger partial charge in [0.2, 0.25) is 0 Å². The van der Waals surface area contributed by atoms with Gasteiger partial charge in [-0.3, -0.25) is 0 Å². The molecule has 0 aromatic rings. The molecular formula is C6H9F3O2. The van der Waals surface area contributed by atoms with Crippen molar-refractivity contribution in [2.24, 2.45) is 0 Å². The maximum atomic E-state index is 12.0. The van der Waals surface area contributed by atoms with Gasteiger partial charge in [-0.05, 0) is 19.3 Å². The fourth-order valence-electron chi connectivity index (χ4n) is 1.30. The van der Waals surface area contributed by atoms with Gasteiger partial charge in [-0.15, -0.1) is 0 Å². The molecule has 0 heterocycles. The first kappa shape index (κ1) is 8.80. The summed E-state index contributed by atoms with van der Waals surface area (Å²) in [4.78, 5) is 0. The lowest BCUT2D eigenvalue weighted by Crippen LogP contribution is -2.50. The first-order valence-corrected chi connectivity index (χ1v) is 3.35. The highest BCUT2D eigenvalue weighted by atomic mass is 19.4. The van der Waals surface area contributed by atoms with Crippen LogP contribution >= 0.6 is 0 Å². The molecule has 0 saturated heterocycles. The monoisotopic (exact) mass is 170 g/mol. The van der Waals surface area contributed by atoms with E-state index in [9.17, 15) is 13.2 Å². The van der Waals surface area contributed by atoms with E-state index in [0.717, 1.165) is 0 Å². The molecule has 0 aliphatic heterocycles. The van der Waals surface area contributed by atoms with Crippen LogP contribution < -0.4 is 0 Å². The number of rotatable bonds is 0. The van der Waals surface area contributed by atoms with E-state index in [2.05, 4.69) is 0 Å². The van der Waals surface area contributed by atoms with Crippen molar-refractivity contribution >= 4 is 0 Å². The zero-order valence-corrected chi connectivity index (χ0v) is 5.73. The van der Waals surface area contributed by atoms with E-state index in [1.54, 1.807) is 0 Å². The second-order valence-corrected chi connectivity index (χ2v) is 2.83. The highest BCUT2D eigenvalue weighted by Crippen LogP contribution is 2.42. The Labute approximate surface area is 61.6 Å². The van der Waals surface area contributed by atoms with Crippen molar-refractivity contribution in [3.8, 4) is 0 Å². The predicted octanol–water partition coefficient (Wildman–Crippen LogP) is 0.825. The van der Waals surface area contributed by atoms with Crippen molar-refractivity contribution in [3.63, 3.8) is 0 Å². The van der Waals surface area contributed by atoms with Gasteiger partial charge < -0.3 is 10.2 Å². The van der Waals surface area contributed by atoms with Gasteiger partial charge in [0.1, 0.15) is 0 Å². The Kier molecular flexibility index (Phi) is 1.88. The summed E-state index contributed by atoms with van der Waals surface area (Å²) in [6.07, 6.45) is -6.50. The maximum Gasteiger partial charge on any atom is 0.419 e. The normalized spacial score (nSPS) is 39.5. The predicted molar refractivity (Wildman–Crippen MR) is 30.9 cm³/mol. The van der Waals surface area contributed by atoms with Crippen LogP contribution in [0, 0.1) is 0 Å². The topological polar surface area (TPSA) is 40.5 Å². The van der Waals surface area contributed by atoms with Crippen LogP contribution in [0.2, 0.25) is 0 Å². The molecule has 0 radical (unpaired) electrons. The van der Waals surface area contributed by atoms with E-state index < -0.39 is 24.3 Å². The van der Waals surface area contributed by atoms with E-state index in [0.29, 0.717) is 0 Å². The fraction of sp³-hybridized carbons (Fsp3) is 1.00. The molecule has 2 nitrogen and oxygen atoms in total. The van der Waals surface area contributed by atoms with E-state index >= 15 is 0 Å². The molecule has 1 rings (SSSR count). The molecule has 11 heavy (non-hydrogen) atoms. The Balaban J connectivity index is 2.81. The zero-order valence-electron chi connectivity index (χ0n) is 5.73. The highest BCUT2D eigenvalue weighted by Gasteiger charge is 2.60. The summed E-state index contributed by atoms with van der Waals surface area (Å²) in [6.45, 7) is 0. The molecule has 0 spiro atoms. The molecule has 5 heteroatoms. The molecule has 1 saturated carbocycles. The molecule has 1 aliphatic carbocycles. The van der Waals surface area contributed by atoms with Crippen LogP contribution in [0.5, 0.6) is 0 Å². The third-order valence-electron chi connectivity index (χ3n) is 2.08. The average Bonchev–Trinajstić information content (AvgIpc) is 2.12. The second-order valence-electron chi connectivity index (χ2n) is 2.83. The minimum atomic E-state index is -4.71. The number of aliphatic hydroxyl groups excluding tert-OH is 1. The summed E-state index contributed by atoms with van der Waals surface area (Å²) in [7, 11) is 0. The van der Waals surface area contributed by atoms with Crippen LogP contribution in [0.25, 0.3) is 0 Å². The molecule has 0 bridgehead atoms. The molecule has 2 atom stereocenters. The smallest absolute Gasteiger partial charge is 0.390 e. The van der Waals surface area contributed by atoms with E-state index in [1.807, 2.05) is 0 Å². The SMILES string of the molecule is OC1CCCC1(O)C(F)(F)F. The fourth-order valence-corrected chi connectivity index (χ4v) is 1.30. The molecule has 0 amide bonds. The van der Waals surface area contributed by atoms with Gasteiger partial charge in [-0.25, -0.2) is 0 Å². The maximum absolute atomic E-state index is 12.0. The Morgan fingerprint density at radius 1 is 1.36 bits per heavy atom. The summed E-state index contributed by atoms with van der Waals surface area (Å²) in [5.74, 6) is 0. The summed E-state index contributed by atoms with van der Waals surface area (Å²) in [6, 6.07) is 0. The second kappa shape index (κ2) is 2.35. The molecule has 1 fully saturated rings. The number of alkyl halides is 3. The lowest BCUT2D eigenvalue weighted by atomic mass is 10.00. The molecule has 66 valence electrons. The Morgan fingerprint density at radius 3 is 2.09 bits per heavy atom. The van der Waals surface area contributed by atoms with Crippen LogP contribution in [0.4, 0.5) is 13.2 Å². The summed E-state index contributed by atoms with van der Waals surface area (Å²) in [5.41, 5.74) is -2.85. The number of halogens is 3.